The molecule has 28 heavy (non-hydrogen) atoms. The number of anilines is 1. The quantitative estimate of drug-likeness (QED) is 0.588. The zero-order valence-corrected chi connectivity index (χ0v) is 16.1. The molecule has 1 aliphatic heterocycles. The number of methoxy groups -OCH3 is 2. The van der Waals surface area contributed by atoms with E-state index in [0.29, 0.717) is 16.0 Å². The van der Waals surface area contributed by atoms with Crippen molar-refractivity contribution in [2.75, 3.05) is 26.2 Å². The van der Waals surface area contributed by atoms with Gasteiger partial charge >= 0.3 is 5.97 Å². The number of hydrogen-bond donors (Lipinski definition) is 1. The smallest absolute Gasteiger partial charge is 0.337 e. The summed E-state index contributed by atoms with van der Waals surface area (Å²) in [5, 5.41) is 2.70. The van der Waals surface area contributed by atoms with Crippen LogP contribution in [0.5, 0.6) is 5.75 Å². The Morgan fingerprint density at radius 1 is 1.07 bits per heavy atom. The van der Waals surface area contributed by atoms with Gasteiger partial charge in [0.2, 0.25) is 0 Å². The zero-order chi connectivity index (χ0) is 20.1. The molecule has 0 saturated carbocycles. The van der Waals surface area contributed by atoms with Gasteiger partial charge in [0.25, 0.3) is 11.1 Å². The van der Waals surface area contributed by atoms with Gasteiger partial charge in [-0.3, -0.25) is 14.5 Å². The Hall–Kier alpha value is -3.26. The van der Waals surface area contributed by atoms with E-state index in [1.807, 2.05) is 0 Å². The number of amides is 2. The minimum atomic E-state index is -0.434. The van der Waals surface area contributed by atoms with Gasteiger partial charge in [-0.25, -0.2) is 4.79 Å². The number of rotatable bonds is 6. The summed E-state index contributed by atoms with van der Waals surface area (Å²) >= 11 is 0.880. The summed E-state index contributed by atoms with van der Waals surface area (Å²) in [6, 6.07) is 13.8. The molecular formula is C20H18N2O5S. The van der Waals surface area contributed by atoms with Gasteiger partial charge in [-0.1, -0.05) is 12.1 Å². The van der Waals surface area contributed by atoms with Crippen molar-refractivity contribution in [2.24, 2.45) is 0 Å². The number of carbonyl (C=O) groups is 3. The fourth-order valence-corrected chi connectivity index (χ4v) is 3.34. The first-order valence-electron chi connectivity index (χ1n) is 8.33. The second-order valence-corrected chi connectivity index (χ2v) is 6.78. The number of imide groups is 1. The molecule has 1 fully saturated rings. The molecule has 1 saturated heterocycles. The zero-order valence-electron chi connectivity index (χ0n) is 15.3. The van der Waals surface area contributed by atoms with Crippen molar-refractivity contribution in [1.82, 2.24) is 4.90 Å². The van der Waals surface area contributed by atoms with Crippen LogP contribution in [0.1, 0.15) is 15.9 Å². The second-order valence-electron chi connectivity index (χ2n) is 5.79. The maximum atomic E-state index is 12.5. The minimum Gasteiger partial charge on any atom is -0.497 e. The van der Waals surface area contributed by atoms with E-state index in [4.69, 9.17) is 4.74 Å². The molecule has 0 aromatic heterocycles. The monoisotopic (exact) mass is 398 g/mol. The summed E-state index contributed by atoms with van der Waals surface area (Å²) in [6.07, 6.45) is 1.62. The minimum absolute atomic E-state index is 0.0651. The normalized spacial score (nSPS) is 15.1. The number of esters is 1. The first kappa shape index (κ1) is 19.5. The van der Waals surface area contributed by atoms with Crippen molar-refractivity contribution in [3.05, 3.63) is 64.6 Å². The van der Waals surface area contributed by atoms with Gasteiger partial charge in [0.1, 0.15) is 5.75 Å². The number of carbonyl (C=O) groups excluding carboxylic acids is 3. The predicted molar refractivity (Wildman–Crippen MR) is 107 cm³/mol. The predicted octanol–water partition coefficient (Wildman–Crippen LogP) is 3.59. The molecular weight excluding hydrogens is 380 g/mol. The van der Waals surface area contributed by atoms with Gasteiger partial charge in [0.05, 0.1) is 31.4 Å². The molecule has 7 nitrogen and oxygen atoms in total. The number of hydrogen-bond acceptors (Lipinski definition) is 7. The summed E-state index contributed by atoms with van der Waals surface area (Å²) in [7, 11) is 2.89. The van der Waals surface area contributed by atoms with Crippen molar-refractivity contribution >= 4 is 40.6 Å². The highest BCUT2D eigenvalue weighted by atomic mass is 32.2. The number of ether oxygens (including phenoxy) is 2. The molecule has 144 valence electrons. The van der Waals surface area contributed by atoms with Crippen LogP contribution in [0, 0.1) is 0 Å². The molecule has 3 rings (SSSR count). The molecule has 1 heterocycles. The van der Waals surface area contributed by atoms with Gasteiger partial charge in [0.15, 0.2) is 0 Å². The third kappa shape index (κ3) is 4.34. The van der Waals surface area contributed by atoms with Crippen molar-refractivity contribution in [1.29, 1.82) is 0 Å². The molecule has 0 unspecified atom stereocenters. The summed E-state index contributed by atoms with van der Waals surface area (Å²) < 4.78 is 9.75. The first-order valence-corrected chi connectivity index (χ1v) is 9.15. The lowest BCUT2D eigenvalue weighted by molar-refractivity contribution is -0.122. The van der Waals surface area contributed by atoms with Crippen LogP contribution < -0.4 is 10.1 Å². The van der Waals surface area contributed by atoms with Gasteiger partial charge in [-0.2, -0.15) is 0 Å². The van der Waals surface area contributed by atoms with Gasteiger partial charge < -0.3 is 14.8 Å². The van der Waals surface area contributed by atoms with Crippen LogP contribution in [0.3, 0.4) is 0 Å². The molecule has 0 spiro atoms. The third-order valence-electron chi connectivity index (χ3n) is 4.03. The fraction of sp³-hybridized carbons (Fsp3) is 0.150. The van der Waals surface area contributed by atoms with Crippen LogP contribution in [0.4, 0.5) is 10.5 Å². The summed E-state index contributed by atoms with van der Waals surface area (Å²) in [5.74, 6) is -0.0811. The van der Waals surface area contributed by atoms with Crippen molar-refractivity contribution in [3.8, 4) is 5.75 Å². The highest BCUT2D eigenvalue weighted by Crippen LogP contribution is 2.32. The fourth-order valence-electron chi connectivity index (χ4n) is 2.50. The number of benzene rings is 2. The molecule has 2 aromatic rings. The molecule has 1 aliphatic rings. The van der Waals surface area contributed by atoms with Crippen molar-refractivity contribution in [2.45, 2.75) is 0 Å². The van der Waals surface area contributed by atoms with Crippen molar-refractivity contribution < 1.29 is 23.9 Å². The van der Waals surface area contributed by atoms with E-state index in [2.05, 4.69) is 10.1 Å². The van der Waals surface area contributed by atoms with E-state index >= 15 is 0 Å². The number of nitrogens with one attached hydrogen (secondary N) is 1. The van der Waals surface area contributed by atoms with Crippen LogP contribution in [-0.4, -0.2) is 42.9 Å². The number of nitrogens with zero attached hydrogens (tertiary/aromatic N) is 1. The third-order valence-corrected chi connectivity index (χ3v) is 4.94. The van der Waals surface area contributed by atoms with Gasteiger partial charge in [-0.15, -0.1) is 0 Å². The average Bonchev–Trinajstić information content (AvgIpc) is 2.99. The van der Waals surface area contributed by atoms with E-state index in [-0.39, 0.29) is 17.8 Å². The Morgan fingerprint density at radius 3 is 2.36 bits per heavy atom. The maximum absolute atomic E-state index is 12.5. The Morgan fingerprint density at radius 2 is 1.75 bits per heavy atom. The largest absolute Gasteiger partial charge is 0.497 e. The van der Waals surface area contributed by atoms with Crippen molar-refractivity contribution in [3.63, 3.8) is 0 Å². The molecule has 1 N–H and O–H groups in total. The molecule has 0 radical (unpaired) electrons. The van der Waals surface area contributed by atoms with E-state index in [1.54, 1.807) is 61.7 Å². The van der Waals surface area contributed by atoms with Crippen LogP contribution in [0.15, 0.2) is 53.4 Å². The Labute approximate surface area is 166 Å². The average molecular weight is 398 g/mol. The molecule has 0 atom stereocenters. The van der Waals surface area contributed by atoms with Crippen LogP contribution in [-0.2, 0) is 9.53 Å². The standard InChI is InChI=1S/C20H18N2O5S/c1-26-16-9-7-15(8-10-16)21-12-22-18(23)17(28-20(22)25)11-13-3-5-14(6-4-13)19(24)27-2/h3-11,21H,12H2,1-2H3. The topological polar surface area (TPSA) is 84.9 Å². The van der Waals surface area contributed by atoms with E-state index in [9.17, 15) is 14.4 Å². The summed E-state index contributed by atoms with van der Waals surface area (Å²) in [5.41, 5.74) is 1.89. The van der Waals surface area contributed by atoms with E-state index in [0.717, 1.165) is 28.1 Å². The lowest BCUT2D eigenvalue weighted by Gasteiger charge is -2.14. The maximum Gasteiger partial charge on any atom is 0.337 e. The van der Waals surface area contributed by atoms with Crippen LogP contribution in [0.2, 0.25) is 0 Å². The Balaban J connectivity index is 1.66. The lowest BCUT2D eigenvalue weighted by Crippen LogP contribution is -2.33. The van der Waals surface area contributed by atoms with Crippen LogP contribution in [0.25, 0.3) is 6.08 Å². The summed E-state index contributed by atoms with van der Waals surface area (Å²) in [4.78, 5) is 37.7. The van der Waals surface area contributed by atoms with Gasteiger partial charge in [-0.05, 0) is 59.8 Å². The summed E-state index contributed by atoms with van der Waals surface area (Å²) in [6.45, 7) is 0.0651. The van der Waals surface area contributed by atoms with E-state index < -0.39 is 5.97 Å². The van der Waals surface area contributed by atoms with Gasteiger partial charge in [0, 0.05) is 5.69 Å². The SMILES string of the molecule is COC(=O)c1ccc(C=C2SC(=O)N(CNc3ccc(OC)cc3)C2=O)cc1. The van der Waals surface area contributed by atoms with E-state index in [1.165, 1.54) is 7.11 Å². The highest BCUT2D eigenvalue weighted by Gasteiger charge is 2.34. The Kier molecular flexibility index (Phi) is 6.00. The molecule has 2 amide bonds. The first-order chi connectivity index (χ1) is 13.5. The van der Waals surface area contributed by atoms with Crippen LogP contribution >= 0.6 is 11.8 Å². The molecule has 0 bridgehead atoms. The molecule has 8 heteroatoms. The second kappa shape index (κ2) is 8.62. The lowest BCUT2D eigenvalue weighted by atomic mass is 10.1. The highest BCUT2D eigenvalue weighted by molar-refractivity contribution is 8.18. The Bertz CT molecular complexity index is 923. The number of thioether (sulfide) groups is 1. The molecule has 2 aromatic carbocycles. The molecule has 0 aliphatic carbocycles.